The van der Waals surface area contributed by atoms with E-state index in [0.29, 0.717) is 0 Å². The van der Waals surface area contributed by atoms with Crippen molar-refractivity contribution in [3.05, 3.63) is 24.2 Å². The lowest BCUT2D eigenvalue weighted by Crippen LogP contribution is -2.45. The Balaban J connectivity index is 1.77. The van der Waals surface area contributed by atoms with Gasteiger partial charge >= 0.3 is 5.97 Å². The summed E-state index contributed by atoms with van der Waals surface area (Å²) in [6.07, 6.45) is 7.00. The van der Waals surface area contributed by atoms with Gasteiger partial charge in [0, 0.05) is 6.04 Å². The summed E-state index contributed by atoms with van der Waals surface area (Å²) in [6, 6.07) is 2.34. The van der Waals surface area contributed by atoms with Gasteiger partial charge in [-0.25, -0.2) is 4.79 Å². The number of hydrogen-bond acceptors (Lipinski definition) is 5. The third-order valence-corrected chi connectivity index (χ3v) is 4.31. The molecule has 0 aliphatic heterocycles. The largest absolute Gasteiger partial charge is 0.459 e. The normalized spacial score (nSPS) is 17.8. The zero-order valence-electron chi connectivity index (χ0n) is 14.7. The number of furan rings is 1. The van der Waals surface area contributed by atoms with E-state index in [1.165, 1.54) is 39.0 Å². The summed E-state index contributed by atoms with van der Waals surface area (Å²) in [7, 11) is 0. The van der Waals surface area contributed by atoms with E-state index < -0.39 is 24.0 Å². The molecule has 0 spiro atoms. The van der Waals surface area contributed by atoms with Crippen LogP contribution in [0, 0.1) is 0 Å². The number of rotatable bonds is 6. The third kappa shape index (κ3) is 5.92. The second-order valence-corrected chi connectivity index (χ2v) is 6.45. The molecule has 0 saturated heterocycles. The molecular formula is C18H26N2O5. The molecule has 1 saturated carbocycles. The second kappa shape index (κ2) is 9.25. The number of ether oxygens (including phenoxy) is 1. The Hall–Kier alpha value is -2.31. The maximum Gasteiger partial charge on any atom is 0.329 e. The Morgan fingerprint density at radius 3 is 2.44 bits per heavy atom. The average molecular weight is 350 g/mol. The van der Waals surface area contributed by atoms with Gasteiger partial charge in [0.25, 0.3) is 11.8 Å². The molecule has 1 aliphatic carbocycles. The summed E-state index contributed by atoms with van der Waals surface area (Å²) in [5, 5.41) is 5.42. The minimum Gasteiger partial charge on any atom is -0.459 e. The van der Waals surface area contributed by atoms with E-state index in [9.17, 15) is 14.4 Å². The lowest BCUT2D eigenvalue weighted by molar-refractivity contribution is -0.156. The van der Waals surface area contributed by atoms with Crippen LogP contribution in [-0.4, -0.2) is 36.0 Å². The summed E-state index contributed by atoms with van der Waals surface area (Å²) in [6.45, 7) is 3.03. The topological polar surface area (TPSA) is 97.6 Å². The van der Waals surface area contributed by atoms with Crippen molar-refractivity contribution in [3.8, 4) is 0 Å². The Morgan fingerprint density at radius 1 is 1.16 bits per heavy atom. The first-order valence-corrected chi connectivity index (χ1v) is 8.82. The highest BCUT2D eigenvalue weighted by molar-refractivity contribution is 5.94. The van der Waals surface area contributed by atoms with Crippen LogP contribution in [0.4, 0.5) is 0 Å². The Morgan fingerprint density at radius 2 is 1.84 bits per heavy atom. The molecule has 0 bridgehead atoms. The maximum atomic E-state index is 12.2. The molecule has 7 nitrogen and oxygen atoms in total. The van der Waals surface area contributed by atoms with Gasteiger partial charge in [-0.3, -0.25) is 9.59 Å². The lowest BCUT2D eigenvalue weighted by Gasteiger charge is -2.21. The Labute approximate surface area is 147 Å². The zero-order chi connectivity index (χ0) is 18.2. The number of hydrogen-bond donors (Lipinski definition) is 2. The molecule has 1 heterocycles. The fraction of sp³-hybridized carbons (Fsp3) is 0.611. The van der Waals surface area contributed by atoms with Gasteiger partial charge in [-0.05, 0) is 38.8 Å². The van der Waals surface area contributed by atoms with Crippen LogP contribution in [0.2, 0.25) is 0 Å². The summed E-state index contributed by atoms with van der Waals surface area (Å²) in [4.78, 5) is 36.1. The fourth-order valence-corrected chi connectivity index (χ4v) is 2.81. The van der Waals surface area contributed by atoms with Gasteiger partial charge < -0.3 is 19.8 Å². The predicted molar refractivity (Wildman–Crippen MR) is 90.8 cm³/mol. The van der Waals surface area contributed by atoms with Crippen LogP contribution in [0.1, 0.15) is 62.9 Å². The van der Waals surface area contributed by atoms with Crippen molar-refractivity contribution in [2.45, 2.75) is 70.6 Å². The SMILES string of the molecule is C[C@H](NC(=O)c1ccco1)C(=O)O[C@@H](C)C(=O)NC1CCCCCC1. The number of carbonyl (C=O) groups is 3. The van der Waals surface area contributed by atoms with E-state index >= 15 is 0 Å². The second-order valence-electron chi connectivity index (χ2n) is 6.45. The van der Waals surface area contributed by atoms with Crippen LogP contribution >= 0.6 is 0 Å². The van der Waals surface area contributed by atoms with Crippen LogP contribution in [0.15, 0.2) is 22.8 Å². The number of amides is 2. The molecule has 2 atom stereocenters. The van der Waals surface area contributed by atoms with Crippen LogP contribution < -0.4 is 10.6 Å². The molecular weight excluding hydrogens is 324 g/mol. The van der Waals surface area contributed by atoms with E-state index in [-0.39, 0.29) is 17.7 Å². The molecule has 2 amide bonds. The van der Waals surface area contributed by atoms with Crippen LogP contribution in [0.25, 0.3) is 0 Å². The smallest absolute Gasteiger partial charge is 0.329 e. The van der Waals surface area contributed by atoms with Crippen molar-refractivity contribution < 1.29 is 23.5 Å². The maximum absolute atomic E-state index is 12.2. The molecule has 1 fully saturated rings. The van der Waals surface area contributed by atoms with Gasteiger partial charge in [-0.2, -0.15) is 0 Å². The first kappa shape index (κ1) is 19.0. The molecule has 0 radical (unpaired) electrons. The van der Waals surface area contributed by atoms with Gasteiger partial charge in [0.05, 0.1) is 6.26 Å². The molecule has 7 heteroatoms. The number of carbonyl (C=O) groups excluding carboxylic acids is 3. The van der Waals surface area contributed by atoms with E-state index in [2.05, 4.69) is 10.6 Å². The van der Waals surface area contributed by atoms with E-state index in [1.54, 1.807) is 6.07 Å². The van der Waals surface area contributed by atoms with Crippen molar-refractivity contribution in [2.75, 3.05) is 0 Å². The molecule has 2 N–H and O–H groups in total. The first-order valence-electron chi connectivity index (χ1n) is 8.82. The summed E-state index contributed by atoms with van der Waals surface area (Å²) in [5.41, 5.74) is 0. The predicted octanol–water partition coefficient (Wildman–Crippen LogP) is 2.17. The van der Waals surface area contributed by atoms with Crippen molar-refractivity contribution in [3.63, 3.8) is 0 Å². The highest BCUT2D eigenvalue weighted by Crippen LogP contribution is 2.17. The minimum absolute atomic E-state index is 0.110. The van der Waals surface area contributed by atoms with Gasteiger partial charge in [0.1, 0.15) is 6.04 Å². The number of nitrogens with one attached hydrogen (secondary N) is 2. The Kier molecular flexibility index (Phi) is 7.03. The van der Waals surface area contributed by atoms with Crippen molar-refractivity contribution in [2.24, 2.45) is 0 Å². The van der Waals surface area contributed by atoms with Gasteiger partial charge in [0.2, 0.25) is 0 Å². The van der Waals surface area contributed by atoms with Crippen molar-refractivity contribution in [1.29, 1.82) is 0 Å². The minimum atomic E-state index is -0.904. The molecule has 138 valence electrons. The van der Waals surface area contributed by atoms with Gasteiger partial charge in [0.15, 0.2) is 11.9 Å². The summed E-state index contributed by atoms with van der Waals surface area (Å²) in [5.74, 6) is -1.36. The number of esters is 1. The first-order chi connectivity index (χ1) is 12.0. The molecule has 1 aromatic heterocycles. The molecule has 0 aromatic carbocycles. The van der Waals surface area contributed by atoms with Gasteiger partial charge in [-0.1, -0.05) is 25.7 Å². The standard InChI is InChI=1S/C18H26N2O5/c1-12(19-17(22)15-10-7-11-24-15)18(23)25-13(2)16(21)20-14-8-5-3-4-6-9-14/h7,10-14H,3-6,8-9H2,1-2H3,(H,19,22)(H,20,21)/t12-,13-/m0/s1. The van der Waals surface area contributed by atoms with E-state index in [4.69, 9.17) is 9.15 Å². The van der Waals surface area contributed by atoms with E-state index in [0.717, 1.165) is 25.7 Å². The van der Waals surface area contributed by atoms with Gasteiger partial charge in [-0.15, -0.1) is 0 Å². The van der Waals surface area contributed by atoms with Crippen LogP contribution in [0.3, 0.4) is 0 Å². The molecule has 1 aliphatic rings. The molecule has 25 heavy (non-hydrogen) atoms. The zero-order valence-corrected chi connectivity index (χ0v) is 14.7. The summed E-state index contributed by atoms with van der Waals surface area (Å²) < 4.78 is 10.1. The average Bonchev–Trinajstić information content (AvgIpc) is 3.00. The third-order valence-electron chi connectivity index (χ3n) is 4.31. The molecule has 1 aromatic rings. The highest BCUT2D eigenvalue weighted by atomic mass is 16.5. The molecule has 2 rings (SSSR count). The van der Waals surface area contributed by atoms with Crippen molar-refractivity contribution >= 4 is 17.8 Å². The van der Waals surface area contributed by atoms with Crippen LogP contribution in [0.5, 0.6) is 0 Å². The molecule has 0 unspecified atom stereocenters. The van der Waals surface area contributed by atoms with E-state index in [1.807, 2.05) is 0 Å². The summed E-state index contributed by atoms with van der Waals surface area (Å²) >= 11 is 0. The van der Waals surface area contributed by atoms with Crippen LogP contribution in [-0.2, 0) is 14.3 Å². The quantitative estimate of drug-likeness (QED) is 0.605. The lowest BCUT2D eigenvalue weighted by atomic mass is 10.1. The Bertz CT molecular complexity index is 576. The fourth-order valence-electron chi connectivity index (χ4n) is 2.81. The van der Waals surface area contributed by atoms with Crippen molar-refractivity contribution in [1.82, 2.24) is 10.6 Å². The monoisotopic (exact) mass is 350 g/mol. The highest BCUT2D eigenvalue weighted by Gasteiger charge is 2.25.